The van der Waals surface area contributed by atoms with Crippen molar-refractivity contribution in [1.29, 1.82) is 0 Å². The Kier molecular flexibility index (Phi) is 3.81. The van der Waals surface area contributed by atoms with Gasteiger partial charge in [-0.15, -0.1) is 0 Å². The van der Waals surface area contributed by atoms with Crippen molar-refractivity contribution < 1.29 is 10.2 Å². The maximum atomic E-state index is 10.8. The topological polar surface area (TPSA) is 40.5 Å². The Balaban J connectivity index is 2.36. The highest BCUT2D eigenvalue weighted by Gasteiger charge is 2.57. The minimum Gasteiger partial charge on any atom is -0.393 e. The molecule has 2 saturated carbocycles. The van der Waals surface area contributed by atoms with E-state index in [0.717, 1.165) is 19.3 Å². The summed E-state index contributed by atoms with van der Waals surface area (Å²) >= 11 is 0. The second-order valence-corrected chi connectivity index (χ2v) is 8.43. The molecule has 2 unspecified atom stereocenters. The molecule has 5 atom stereocenters. The number of aliphatic hydroxyl groups is 2. The molecule has 0 spiro atoms. The minimum absolute atomic E-state index is 0.181. The lowest BCUT2D eigenvalue weighted by Crippen LogP contribution is -2.58. The van der Waals surface area contributed by atoms with Crippen molar-refractivity contribution in [1.82, 2.24) is 0 Å². The summed E-state index contributed by atoms with van der Waals surface area (Å²) in [6.45, 7) is 11.0. The Morgan fingerprint density at radius 3 is 2.32 bits per heavy atom. The molecule has 2 fully saturated rings. The van der Waals surface area contributed by atoms with E-state index in [1.54, 1.807) is 0 Å². The standard InChI is InChI=1S/C17H32O2/c1-12(18)11-14-16(4)9-6-8-15(2,3)13(16)7-10-17(14,5)19/h12-14,18-19H,6-11H2,1-5H3/t12?,13?,14-,16+,17-/m1/s1. The van der Waals surface area contributed by atoms with Gasteiger partial charge in [0.05, 0.1) is 11.7 Å². The molecule has 0 aromatic carbocycles. The maximum Gasteiger partial charge on any atom is 0.0654 e. The Morgan fingerprint density at radius 1 is 1.11 bits per heavy atom. The van der Waals surface area contributed by atoms with Gasteiger partial charge < -0.3 is 10.2 Å². The monoisotopic (exact) mass is 268 g/mol. The molecular weight excluding hydrogens is 236 g/mol. The second-order valence-electron chi connectivity index (χ2n) is 8.43. The van der Waals surface area contributed by atoms with E-state index in [1.807, 2.05) is 13.8 Å². The Bertz CT molecular complexity index is 332. The first-order valence-corrected chi connectivity index (χ1v) is 8.00. The highest BCUT2D eigenvalue weighted by molar-refractivity contribution is 5.07. The molecule has 112 valence electrons. The third-order valence-electron chi connectivity index (χ3n) is 6.34. The van der Waals surface area contributed by atoms with E-state index in [0.29, 0.717) is 11.3 Å². The third-order valence-corrected chi connectivity index (χ3v) is 6.34. The fourth-order valence-corrected chi connectivity index (χ4v) is 5.49. The summed E-state index contributed by atoms with van der Waals surface area (Å²) in [6.07, 6.45) is 6.19. The molecule has 0 radical (unpaired) electrons. The van der Waals surface area contributed by atoms with Crippen molar-refractivity contribution in [3.8, 4) is 0 Å². The molecule has 0 saturated heterocycles. The average molecular weight is 268 g/mol. The third kappa shape index (κ3) is 2.58. The van der Waals surface area contributed by atoms with Gasteiger partial charge in [-0.25, -0.2) is 0 Å². The van der Waals surface area contributed by atoms with Crippen molar-refractivity contribution in [2.24, 2.45) is 22.7 Å². The largest absolute Gasteiger partial charge is 0.393 e. The molecular formula is C17H32O2. The highest BCUT2D eigenvalue weighted by atomic mass is 16.3. The van der Waals surface area contributed by atoms with Gasteiger partial charge in [0.25, 0.3) is 0 Å². The molecule has 2 heteroatoms. The summed E-state index contributed by atoms with van der Waals surface area (Å²) in [5, 5.41) is 20.7. The Hall–Kier alpha value is -0.0800. The van der Waals surface area contributed by atoms with E-state index in [2.05, 4.69) is 20.8 Å². The van der Waals surface area contributed by atoms with Gasteiger partial charge in [-0.3, -0.25) is 0 Å². The zero-order valence-electron chi connectivity index (χ0n) is 13.4. The number of rotatable bonds is 2. The summed E-state index contributed by atoms with van der Waals surface area (Å²) in [6, 6.07) is 0. The van der Waals surface area contributed by atoms with Gasteiger partial charge in [-0.05, 0) is 68.6 Å². The molecule has 0 aromatic rings. The van der Waals surface area contributed by atoms with Crippen molar-refractivity contribution in [3.63, 3.8) is 0 Å². The summed E-state index contributed by atoms with van der Waals surface area (Å²) < 4.78 is 0. The highest BCUT2D eigenvalue weighted by Crippen LogP contribution is 2.62. The lowest BCUT2D eigenvalue weighted by Gasteiger charge is -2.61. The van der Waals surface area contributed by atoms with Crippen LogP contribution in [0.4, 0.5) is 0 Å². The number of hydrogen-bond acceptors (Lipinski definition) is 2. The molecule has 2 N–H and O–H groups in total. The van der Waals surface area contributed by atoms with Crippen LogP contribution in [0.2, 0.25) is 0 Å². The van der Waals surface area contributed by atoms with Crippen molar-refractivity contribution in [2.45, 2.75) is 84.8 Å². The smallest absolute Gasteiger partial charge is 0.0654 e. The number of hydrogen-bond donors (Lipinski definition) is 2. The predicted octanol–water partition coefficient (Wildman–Crippen LogP) is 3.75. The van der Waals surface area contributed by atoms with E-state index < -0.39 is 5.60 Å². The minimum atomic E-state index is -0.615. The summed E-state index contributed by atoms with van der Waals surface area (Å²) in [7, 11) is 0. The Morgan fingerprint density at radius 2 is 1.74 bits per heavy atom. The van der Waals surface area contributed by atoms with Gasteiger partial charge in [-0.2, -0.15) is 0 Å². The molecule has 0 bridgehead atoms. The molecule has 0 amide bonds. The van der Waals surface area contributed by atoms with Gasteiger partial charge in [0.15, 0.2) is 0 Å². The molecule has 2 aliphatic rings. The van der Waals surface area contributed by atoms with Crippen LogP contribution >= 0.6 is 0 Å². The van der Waals surface area contributed by atoms with Crippen molar-refractivity contribution >= 4 is 0 Å². The lowest BCUT2D eigenvalue weighted by molar-refractivity contribution is -0.175. The Labute approximate surface area is 118 Å². The van der Waals surface area contributed by atoms with E-state index >= 15 is 0 Å². The van der Waals surface area contributed by atoms with E-state index in [1.165, 1.54) is 19.3 Å². The maximum absolute atomic E-state index is 10.8. The van der Waals surface area contributed by atoms with Crippen molar-refractivity contribution in [2.75, 3.05) is 0 Å². The number of aliphatic hydroxyl groups excluding tert-OH is 1. The van der Waals surface area contributed by atoms with Crippen LogP contribution in [0.3, 0.4) is 0 Å². The lowest BCUT2D eigenvalue weighted by atomic mass is 9.45. The zero-order valence-corrected chi connectivity index (χ0v) is 13.4. The first-order valence-electron chi connectivity index (χ1n) is 8.00. The summed E-state index contributed by atoms with van der Waals surface area (Å²) in [5.41, 5.74) is -0.0589. The molecule has 2 nitrogen and oxygen atoms in total. The molecule has 0 aliphatic heterocycles. The van der Waals surface area contributed by atoms with Gasteiger partial charge in [0, 0.05) is 0 Å². The first kappa shape index (κ1) is 15.3. The summed E-state index contributed by atoms with van der Waals surface area (Å²) in [4.78, 5) is 0. The average Bonchev–Trinajstić information content (AvgIpc) is 2.22. The van der Waals surface area contributed by atoms with Crippen LogP contribution in [0.5, 0.6) is 0 Å². The van der Waals surface area contributed by atoms with E-state index in [-0.39, 0.29) is 17.4 Å². The first-order chi connectivity index (χ1) is 8.59. The molecule has 0 aromatic heterocycles. The van der Waals surface area contributed by atoms with Crippen LogP contribution in [-0.2, 0) is 0 Å². The van der Waals surface area contributed by atoms with Gasteiger partial charge in [-0.1, -0.05) is 27.2 Å². The van der Waals surface area contributed by atoms with Gasteiger partial charge >= 0.3 is 0 Å². The second kappa shape index (κ2) is 4.73. The predicted molar refractivity (Wildman–Crippen MR) is 78.9 cm³/mol. The van der Waals surface area contributed by atoms with Crippen LogP contribution in [0.25, 0.3) is 0 Å². The zero-order chi connectivity index (χ0) is 14.5. The fourth-order valence-electron chi connectivity index (χ4n) is 5.49. The fraction of sp³-hybridized carbons (Fsp3) is 1.00. The molecule has 2 rings (SSSR count). The number of fused-ring (bicyclic) bond motifs is 1. The van der Waals surface area contributed by atoms with Crippen LogP contribution in [-0.4, -0.2) is 21.9 Å². The van der Waals surface area contributed by atoms with Crippen molar-refractivity contribution in [3.05, 3.63) is 0 Å². The van der Waals surface area contributed by atoms with E-state index in [4.69, 9.17) is 0 Å². The molecule has 19 heavy (non-hydrogen) atoms. The normalized spacial score (nSPS) is 47.5. The van der Waals surface area contributed by atoms with Gasteiger partial charge in [0.1, 0.15) is 0 Å². The van der Waals surface area contributed by atoms with Crippen LogP contribution in [0, 0.1) is 22.7 Å². The molecule has 0 heterocycles. The van der Waals surface area contributed by atoms with Crippen LogP contribution in [0.15, 0.2) is 0 Å². The van der Waals surface area contributed by atoms with Gasteiger partial charge in [0.2, 0.25) is 0 Å². The van der Waals surface area contributed by atoms with Crippen LogP contribution < -0.4 is 0 Å². The quantitative estimate of drug-likeness (QED) is 0.800. The summed E-state index contributed by atoms with van der Waals surface area (Å²) in [5.74, 6) is 0.899. The van der Waals surface area contributed by atoms with E-state index in [9.17, 15) is 10.2 Å². The van der Waals surface area contributed by atoms with Crippen LogP contribution in [0.1, 0.15) is 73.1 Å². The SMILES string of the molecule is CC(O)C[C@@H]1[C@@]2(C)CCCC(C)(C)C2CC[C@@]1(C)O. The molecule has 2 aliphatic carbocycles.